The maximum atomic E-state index is 5.67. The molecule has 0 aliphatic carbocycles. The molecule has 0 aromatic heterocycles. The molecule has 2 aromatic carbocycles. The third-order valence-electron chi connectivity index (χ3n) is 3.85. The Bertz CT molecular complexity index is 526. The Morgan fingerprint density at radius 2 is 1.35 bits per heavy atom. The van der Waals surface area contributed by atoms with Crippen molar-refractivity contribution in [1.29, 1.82) is 0 Å². The van der Waals surface area contributed by atoms with Crippen LogP contribution >= 0.6 is 0 Å². The van der Waals surface area contributed by atoms with Gasteiger partial charge >= 0.3 is 0 Å². The summed E-state index contributed by atoms with van der Waals surface area (Å²) in [5, 5.41) is 0. The summed E-state index contributed by atoms with van der Waals surface area (Å²) in [4.78, 5) is 2.49. The summed E-state index contributed by atoms with van der Waals surface area (Å²) in [5.41, 5.74) is 9.49. The van der Waals surface area contributed by atoms with Crippen molar-refractivity contribution in [3.8, 4) is 5.75 Å². The van der Waals surface area contributed by atoms with Crippen LogP contribution in [-0.4, -0.2) is 18.6 Å². The number of ether oxygens (including phenoxy) is 1. The maximum Gasteiger partial charge on any atom is 0.118 e. The lowest BCUT2D eigenvalue weighted by molar-refractivity contribution is 0.227. The Hall–Kier alpha value is -1.84. The number of nitrogens with zero attached hydrogens (tertiary/aromatic N) is 1. The van der Waals surface area contributed by atoms with Gasteiger partial charge in [-0.3, -0.25) is 4.90 Å². The average molecular weight is 312 g/mol. The van der Waals surface area contributed by atoms with E-state index in [9.17, 15) is 0 Å². The van der Waals surface area contributed by atoms with Crippen LogP contribution in [0.15, 0.2) is 48.5 Å². The van der Waals surface area contributed by atoms with Crippen LogP contribution in [0.25, 0.3) is 0 Å². The highest BCUT2D eigenvalue weighted by Gasteiger charge is 2.09. The van der Waals surface area contributed by atoms with Crippen LogP contribution in [0.3, 0.4) is 0 Å². The van der Waals surface area contributed by atoms with E-state index in [-0.39, 0.29) is 0 Å². The molecule has 0 bridgehead atoms. The van der Waals surface area contributed by atoms with Gasteiger partial charge in [0.05, 0.1) is 7.11 Å². The zero-order valence-corrected chi connectivity index (χ0v) is 14.5. The van der Waals surface area contributed by atoms with Gasteiger partial charge in [-0.2, -0.15) is 0 Å². The van der Waals surface area contributed by atoms with Gasteiger partial charge in [0.15, 0.2) is 0 Å². The fourth-order valence-electron chi connectivity index (χ4n) is 2.73. The number of hydrogen-bond donors (Lipinski definition) is 1. The van der Waals surface area contributed by atoms with E-state index >= 15 is 0 Å². The van der Waals surface area contributed by atoms with Gasteiger partial charge in [-0.05, 0) is 34.7 Å². The summed E-state index contributed by atoms with van der Waals surface area (Å²) in [5.74, 6) is 1.54. The van der Waals surface area contributed by atoms with Crippen LogP contribution in [-0.2, 0) is 19.6 Å². The second kappa shape index (κ2) is 8.70. The third-order valence-corrected chi connectivity index (χ3v) is 3.85. The lowest BCUT2D eigenvalue weighted by Crippen LogP contribution is -2.27. The van der Waals surface area contributed by atoms with E-state index < -0.39 is 0 Å². The Morgan fingerprint density at radius 3 is 1.78 bits per heavy atom. The molecule has 3 nitrogen and oxygen atoms in total. The number of hydrogen-bond acceptors (Lipinski definition) is 3. The highest BCUT2D eigenvalue weighted by Crippen LogP contribution is 2.16. The largest absolute Gasteiger partial charge is 0.497 e. The molecule has 0 aliphatic heterocycles. The molecule has 124 valence electrons. The second-order valence-electron chi connectivity index (χ2n) is 6.43. The molecule has 0 unspecified atom stereocenters. The summed E-state index contributed by atoms with van der Waals surface area (Å²) >= 11 is 0. The molecule has 2 N–H and O–H groups in total. The maximum absolute atomic E-state index is 5.67. The summed E-state index contributed by atoms with van der Waals surface area (Å²) in [6.07, 6.45) is 0. The van der Waals surface area contributed by atoms with E-state index in [0.717, 1.165) is 25.4 Å². The Kier molecular flexibility index (Phi) is 6.63. The quantitative estimate of drug-likeness (QED) is 0.805. The van der Waals surface area contributed by atoms with E-state index in [0.29, 0.717) is 12.5 Å². The predicted octanol–water partition coefficient (Wildman–Crippen LogP) is 3.81. The first kappa shape index (κ1) is 17.5. The minimum Gasteiger partial charge on any atom is -0.497 e. The standard InChI is InChI=1S/C20H28N2O/c1-16(2)13-22(14-18-6-4-17(12-21)5-7-18)15-19-8-10-20(23-3)11-9-19/h4-11,16H,12-15,21H2,1-3H3. The van der Waals surface area contributed by atoms with E-state index in [1.807, 2.05) is 12.1 Å². The molecule has 0 atom stereocenters. The van der Waals surface area contributed by atoms with Gasteiger partial charge in [0.25, 0.3) is 0 Å². The van der Waals surface area contributed by atoms with Crippen molar-refractivity contribution < 1.29 is 4.74 Å². The number of nitrogens with two attached hydrogens (primary N) is 1. The Morgan fingerprint density at radius 1 is 0.870 bits per heavy atom. The van der Waals surface area contributed by atoms with Gasteiger partial charge in [-0.1, -0.05) is 50.2 Å². The van der Waals surface area contributed by atoms with Crippen LogP contribution in [0, 0.1) is 5.92 Å². The number of benzene rings is 2. The molecular weight excluding hydrogens is 284 g/mol. The first-order chi connectivity index (χ1) is 11.1. The third kappa shape index (κ3) is 5.70. The molecule has 0 radical (unpaired) electrons. The molecule has 0 aliphatic rings. The smallest absolute Gasteiger partial charge is 0.118 e. The average Bonchev–Trinajstić information content (AvgIpc) is 2.55. The van der Waals surface area contributed by atoms with Crippen LogP contribution in [0.5, 0.6) is 5.75 Å². The number of methoxy groups -OCH3 is 1. The fourth-order valence-corrected chi connectivity index (χ4v) is 2.73. The molecule has 0 amide bonds. The van der Waals surface area contributed by atoms with Gasteiger partial charge in [0.1, 0.15) is 5.75 Å². The topological polar surface area (TPSA) is 38.5 Å². The van der Waals surface area contributed by atoms with Crippen molar-refractivity contribution in [3.05, 3.63) is 65.2 Å². The van der Waals surface area contributed by atoms with E-state index in [1.165, 1.54) is 16.7 Å². The van der Waals surface area contributed by atoms with Gasteiger partial charge in [-0.25, -0.2) is 0 Å². The molecule has 0 fully saturated rings. The molecule has 0 heterocycles. The van der Waals surface area contributed by atoms with E-state index in [4.69, 9.17) is 10.5 Å². The zero-order chi connectivity index (χ0) is 16.7. The van der Waals surface area contributed by atoms with Gasteiger partial charge in [0.2, 0.25) is 0 Å². The van der Waals surface area contributed by atoms with Crippen LogP contribution in [0.2, 0.25) is 0 Å². The summed E-state index contributed by atoms with van der Waals surface area (Å²) in [6.45, 7) is 8.10. The molecule has 3 heteroatoms. The Labute approximate surface area is 140 Å². The molecule has 23 heavy (non-hydrogen) atoms. The summed E-state index contributed by atoms with van der Waals surface area (Å²) in [7, 11) is 1.70. The van der Waals surface area contributed by atoms with E-state index in [2.05, 4.69) is 55.1 Å². The monoisotopic (exact) mass is 312 g/mol. The molecule has 0 saturated carbocycles. The van der Waals surface area contributed by atoms with Gasteiger partial charge in [-0.15, -0.1) is 0 Å². The molecule has 2 rings (SSSR count). The van der Waals surface area contributed by atoms with E-state index in [1.54, 1.807) is 7.11 Å². The van der Waals surface area contributed by atoms with Gasteiger partial charge in [0, 0.05) is 26.2 Å². The highest BCUT2D eigenvalue weighted by atomic mass is 16.5. The Balaban J connectivity index is 2.05. The van der Waals surface area contributed by atoms with Crippen molar-refractivity contribution in [2.24, 2.45) is 11.7 Å². The van der Waals surface area contributed by atoms with Crippen LogP contribution in [0.4, 0.5) is 0 Å². The van der Waals surface area contributed by atoms with Crippen molar-refractivity contribution >= 4 is 0 Å². The first-order valence-electron chi connectivity index (χ1n) is 8.24. The van der Waals surface area contributed by atoms with Crippen molar-refractivity contribution in [3.63, 3.8) is 0 Å². The van der Waals surface area contributed by atoms with Crippen molar-refractivity contribution in [2.45, 2.75) is 33.5 Å². The fraction of sp³-hybridized carbons (Fsp3) is 0.400. The summed E-state index contributed by atoms with van der Waals surface area (Å²) < 4.78 is 5.23. The lowest BCUT2D eigenvalue weighted by Gasteiger charge is -2.24. The molecule has 0 spiro atoms. The minimum absolute atomic E-state index is 0.599. The summed E-state index contributed by atoms with van der Waals surface area (Å²) in [6, 6.07) is 16.9. The normalized spacial score (nSPS) is 11.2. The SMILES string of the molecule is COc1ccc(CN(Cc2ccc(CN)cc2)CC(C)C)cc1. The van der Waals surface area contributed by atoms with Crippen LogP contribution in [0.1, 0.15) is 30.5 Å². The first-order valence-corrected chi connectivity index (χ1v) is 8.24. The molecular formula is C20H28N2O. The molecule has 2 aromatic rings. The van der Waals surface area contributed by atoms with Crippen LogP contribution < -0.4 is 10.5 Å². The highest BCUT2D eigenvalue weighted by molar-refractivity contribution is 5.27. The minimum atomic E-state index is 0.599. The number of rotatable bonds is 8. The molecule has 0 saturated heterocycles. The second-order valence-corrected chi connectivity index (χ2v) is 6.43. The van der Waals surface area contributed by atoms with Crippen molar-refractivity contribution in [1.82, 2.24) is 4.90 Å². The lowest BCUT2D eigenvalue weighted by atomic mass is 10.1. The van der Waals surface area contributed by atoms with Crippen molar-refractivity contribution in [2.75, 3.05) is 13.7 Å². The van der Waals surface area contributed by atoms with Gasteiger partial charge < -0.3 is 10.5 Å². The predicted molar refractivity (Wildman–Crippen MR) is 96.3 cm³/mol. The zero-order valence-electron chi connectivity index (χ0n) is 14.5.